The van der Waals surface area contributed by atoms with Crippen molar-refractivity contribution in [1.82, 2.24) is 15.5 Å². The van der Waals surface area contributed by atoms with E-state index in [4.69, 9.17) is 4.74 Å². The van der Waals surface area contributed by atoms with Crippen LogP contribution in [-0.4, -0.2) is 54.6 Å². The van der Waals surface area contributed by atoms with Crippen molar-refractivity contribution < 1.29 is 14.3 Å². The lowest BCUT2D eigenvalue weighted by Gasteiger charge is -2.50. The Bertz CT molecular complexity index is 1210. The summed E-state index contributed by atoms with van der Waals surface area (Å²) in [4.78, 5) is 27.8. The maximum Gasteiger partial charge on any atom is 0.220 e. The zero-order valence-electron chi connectivity index (χ0n) is 22.2. The molecule has 0 aromatic heterocycles. The first-order chi connectivity index (χ1) is 18.6. The number of carbonyl (C=O) groups is 2. The number of fused-ring (bicyclic) bond motifs is 1. The highest BCUT2D eigenvalue weighted by Crippen LogP contribution is 2.37. The van der Waals surface area contributed by atoms with Gasteiger partial charge in [0.05, 0.1) is 13.2 Å². The third-order valence-corrected chi connectivity index (χ3v) is 8.27. The van der Waals surface area contributed by atoms with E-state index in [9.17, 15) is 9.59 Å². The molecule has 3 aromatic carbocycles. The van der Waals surface area contributed by atoms with Gasteiger partial charge in [-0.3, -0.25) is 14.5 Å². The number of nitrogens with zero attached hydrogens (tertiary/aromatic N) is 1. The summed E-state index contributed by atoms with van der Waals surface area (Å²) >= 11 is 0. The molecule has 2 amide bonds. The number of amides is 2. The molecular weight excluding hydrogens is 474 g/mol. The zero-order valence-corrected chi connectivity index (χ0v) is 22.2. The van der Waals surface area contributed by atoms with Gasteiger partial charge in [-0.05, 0) is 54.0 Å². The van der Waals surface area contributed by atoms with E-state index in [-0.39, 0.29) is 36.2 Å². The second kappa shape index (κ2) is 12.5. The van der Waals surface area contributed by atoms with Crippen LogP contribution < -0.4 is 10.6 Å². The van der Waals surface area contributed by atoms with Crippen molar-refractivity contribution in [3.8, 4) is 0 Å². The molecule has 0 bridgehead atoms. The van der Waals surface area contributed by atoms with Crippen molar-refractivity contribution in [2.45, 2.75) is 63.1 Å². The molecule has 38 heavy (non-hydrogen) atoms. The molecule has 2 aliphatic rings. The number of nitrogens with one attached hydrogen (secondary N) is 2. The summed E-state index contributed by atoms with van der Waals surface area (Å²) in [5, 5.41) is 8.50. The lowest BCUT2D eigenvalue weighted by molar-refractivity contribution is -0.127. The fourth-order valence-corrected chi connectivity index (χ4v) is 6.17. The Morgan fingerprint density at radius 3 is 2.32 bits per heavy atom. The van der Waals surface area contributed by atoms with Crippen LogP contribution in [0.4, 0.5) is 0 Å². The molecule has 3 aromatic rings. The topological polar surface area (TPSA) is 70.7 Å². The molecule has 0 radical (unpaired) electrons. The second-order valence-corrected chi connectivity index (χ2v) is 10.7. The summed E-state index contributed by atoms with van der Waals surface area (Å²) < 4.78 is 5.64. The molecule has 0 unspecified atom stereocenters. The Labute approximate surface area is 225 Å². The molecule has 1 aliphatic heterocycles. The van der Waals surface area contributed by atoms with Gasteiger partial charge < -0.3 is 15.4 Å². The van der Waals surface area contributed by atoms with Crippen molar-refractivity contribution in [2.24, 2.45) is 0 Å². The second-order valence-electron chi connectivity index (χ2n) is 10.7. The van der Waals surface area contributed by atoms with Gasteiger partial charge >= 0.3 is 0 Å². The van der Waals surface area contributed by atoms with Crippen LogP contribution in [0, 0.1) is 0 Å². The zero-order chi connectivity index (χ0) is 26.2. The van der Waals surface area contributed by atoms with E-state index < -0.39 is 0 Å². The maximum absolute atomic E-state index is 12.7. The molecule has 5 rings (SSSR count). The molecule has 1 saturated carbocycles. The van der Waals surface area contributed by atoms with Crippen molar-refractivity contribution in [3.05, 3.63) is 83.9 Å². The van der Waals surface area contributed by atoms with Gasteiger partial charge in [0.1, 0.15) is 0 Å². The van der Waals surface area contributed by atoms with E-state index in [0.717, 1.165) is 74.7 Å². The average molecular weight is 514 g/mol. The van der Waals surface area contributed by atoms with Gasteiger partial charge in [0.15, 0.2) is 0 Å². The highest BCUT2D eigenvalue weighted by atomic mass is 16.5. The number of rotatable bonds is 9. The van der Waals surface area contributed by atoms with E-state index in [1.54, 1.807) is 0 Å². The van der Waals surface area contributed by atoms with Gasteiger partial charge in [0.2, 0.25) is 11.8 Å². The summed E-state index contributed by atoms with van der Waals surface area (Å²) in [6, 6.07) is 25.2. The molecule has 0 atom stereocenters. The third kappa shape index (κ3) is 6.61. The van der Waals surface area contributed by atoms with Crippen LogP contribution >= 0.6 is 0 Å². The standard InChI is InChI=1S/C32H39N3O3/c36-30(33-24-27-11-6-10-26-9-4-5-12-29(26)27)13-14-31(37)34-28-15-17-32(18-16-28,35-19-21-38-22-20-35)23-25-7-2-1-3-8-25/h1-12,28H,13-24H2,(H,33,36)(H,34,37). The fourth-order valence-electron chi connectivity index (χ4n) is 6.17. The molecule has 1 saturated heterocycles. The van der Waals surface area contributed by atoms with E-state index in [1.807, 2.05) is 24.3 Å². The largest absolute Gasteiger partial charge is 0.379 e. The molecule has 2 N–H and O–H groups in total. The highest BCUT2D eigenvalue weighted by molar-refractivity contribution is 5.87. The van der Waals surface area contributed by atoms with Crippen LogP contribution in [0.25, 0.3) is 10.8 Å². The lowest BCUT2D eigenvalue weighted by Crippen LogP contribution is -2.58. The Balaban J connectivity index is 1.09. The van der Waals surface area contributed by atoms with Gasteiger partial charge in [0.25, 0.3) is 0 Å². The molecule has 200 valence electrons. The first kappa shape index (κ1) is 26.4. The number of morpholine rings is 1. The number of carbonyl (C=O) groups excluding carboxylic acids is 2. The molecule has 1 aliphatic carbocycles. The fraction of sp³-hybridized carbons (Fsp3) is 0.438. The predicted molar refractivity (Wildman–Crippen MR) is 151 cm³/mol. The van der Waals surface area contributed by atoms with E-state index in [1.165, 1.54) is 5.56 Å². The SMILES string of the molecule is O=C(CCC(=O)NC1CCC(Cc2ccccc2)(N2CCOCC2)CC1)NCc1cccc2ccccc12. The summed E-state index contributed by atoms with van der Waals surface area (Å²) in [5.41, 5.74) is 2.58. The number of ether oxygens (including phenoxy) is 1. The quantitative estimate of drug-likeness (QED) is 0.439. The minimum Gasteiger partial charge on any atom is -0.379 e. The first-order valence-corrected chi connectivity index (χ1v) is 14.0. The first-order valence-electron chi connectivity index (χ1n) is 14.0. The monoisotopic (exact) mass is 513 g/mol. The van der Waals surface area contributed by atoms with E-state index >= 15 is 0 Å². The number of hydrogen-bond donors (Lipinski definition) is 2. The van der Waals surface area contributed by atoms with Gasteiger partial charge in [-0.1, -0.05) is 72.8 Å². The van der Waals surface area contributed by atoms with E-state index in [2.05, 4.69) is 64.1 Å². The summed E-state index contributed by atoms with van der Waals surface area (Å²) in [6.45, 7) is 3.99. The minimum atomic E-state index is -0.0917. The Morgan fingerprint density at radius 1 is 0.842 bits per heavy atom. The number of hydrogen-bond acceptors (Lipinski definition) is 4. The van der Waals surface area contributed by atoms with E-state index in [0.29, 0.717) is 6.54 Å². The smallest absolute Gasteiger partial charge is 0.220 e. The highest BCUT2D eigenvalue weighted by Gasteiger charge is 2.41. The van der Waals surface area contributed by atoms with Gasteiger partial charge in [0, 0.05) is 44.1 Å². The van der Waals surface area contributed by atoms with Crippen molar-refractivity contribution >= 4 is 22.6 Å². The maximum atomic E-state index is 12.7. The third-order valence-electron chi connectivity index (χ3n) is 8.27. The van der Waals surface area contributed by atoms with Crippen LogP contribution in [0.1, 0.15) is 49.7 Å². The normalized spacial score (nSPS) is 22.2. The van der Waals surface area contributed by atoms with Gasteiger partial charge in [-0.2, -0.15) is 0 Å². The van der Waals surface area contributed by atoms with Crippen LogP contribution in [0.5, 0.6) is 0 Å². The van der Waals surface area contributed by atoms with Crippen LogP contribution in [0.3, 0.4) is 0 Å². The Hall–Kier alpha value is -3.22. The molecular formula is C32H39N3O3. The summed E-state index contributed by atoms with van der Waals surface area (Å²) in [7, 11) is 0. The van der Waals surface area contributed by atoms with Crippen LogP contribution in [0.2, 0.25) is 0 Å². The number of benzene rings is 3. The van der Waals surface area contributed by atoms with Crippen molar-refractivity contribution in [1.29, 1.82) is 0 Å². The molecule has 1 heterocycles. The minimum absolute atomic E-state index is 0.0303. The summed E-state index contributed by atoms with van der Waals surface area (Å²) in [5.74, 6) is -0.122. The van der Waals surface area contributed by atoms with Crippen molar-refractivity contribution in [2.75, 3.05) is 26.3 Å². The molecule has 6 heteroatoms. The molecule has 2 fully saturated rings. The molecule has 6 nitrogen and oxygen atoms in total. The average Bonchev–Trinajstić information content (AvgIpc) is 2.97. The van der Waals surface area contributed by atoms with Crippen molar-refractivity contribution in [3.63, 3.8) is 0 Å². The predicted octanol–water partition coefficient (Wildman–Crippen LogP) is 4.61. The lowest BCUT2D eigenvalue weighted by atomic mass is 9.74. The van der Waals surface area contributed by atoms with Crippen LogP contribution in [-0.2, 0) is 27.3 Å². The van der Waals surface area contributed by atoms with Gasteiger partial charge in [-0.25, -0.2) is 0 Å². The summed E-state index contributed by atoms with van der Waals surface area (Å²) in [6.07, 6.45) is 5.49. The van der Waals surface area contributed by atoms with Crippen LogP contribution in [0.15, 0.2) is 72.8 Å². The van der Waals surface area contributed by atoms with Gasteiger partial charge in [-0.15, -0.1) is 0 Å². The Morgan fingerprint density at radius 2 is 1.53 bits per heavy atom. The molecule has 0 spiro atoms. The Kier molecular flexibility index (Phi) is 8.72.